The molecule has 10 heteroatoms. The zero-order valence-corrected chi connectivity index (χ0v) is 22.5. The highest BCUT2D eigenvalue weighted by atomic mass is 19.4. The topological polar surface area (TPSA) is 80.1 Å². The van der Waals surface area contributed by atoms with Crippen molar-refractivity contribution in [3.8, 4) is 16.9 Å². The molecule has 7 nitrogen and oxygen atoms in total. The maximum atomic E-state index is 13.0. The summed E-state index contributed by atoms with van der Waals surface area (Å²) in [6.45, 7) is 0. The lowest BCUT2D eigenvalue weighted by molar-refractivity contribution is -0.137. The summed E-state index contributed by atoms with van der Waals surface area (Å²) in [5.74, 6) is 0.619. The number of nitrogens with zero attached hydrogens (tertiary/aromatic N) is 5. The molecule has 7 rings (SSSR count). The van der Waals surface area contributed by atoms with Gasteiger partial charge < -0.3 is 9.84 Å². The van der Waals surface area contributed by atoms with E-state index in [1.807, 2.05) is 83.7 Å². The minimum Gasteiger partial charge on any atom is -0.455 e. The van der Waals surface area contributed by atoms with Crippen LogP contribution in [-0.4, -0.2) is 15.5 Å². The third kappa shape index (κ3) is 5.42. The van der Waals surface area contributed by atoms with Gasteiger partial charge in [0.15, 0.2) is 5.76 Å². The second-order valence-electron chi connectivity index (χ2n) is 10.1. The van der Waals surface area contributed by atoms with Gasteiger partial charge in [-0.15, -0.1) is 0 Å². The van der Waals surface area contributed by atoms with Gasteiger partial charge in [-0.3, -0.25) is 0 Å². The van der Waals surface area contributed by atoms with Gasteiger partial charge in [0, 0.05) is 35.2 Å². The molecule has 0 aliphatic carbocycles. The highest BCUT2D eigenvalue weighted by Crippen LogP contribution is 2.35. The molecule has 0 saturated heterocycles. The van der Waals surface area contributed by atoms with Crippen molar-refractivity contribution >= 4 is 28.1 Å². The molecule has 0 fully saturated rings. The molecule has 212 valence electrons. The van der Waals surface area contributed by atoms with Gasteiger partial charge >= 0.3 is 6.18 Å². The molecule has 0 amide bonds. The number of aromatic nitrogens is 2. The van der Waals surface area contributed by atoms with Crippen LogP contribution in [-0.2, 0) is 6.18 Å². The predicted octanol–water partition coefficient (Wildman–Crippen LogP) is 9.16. The van der Waals surface area contributed by atoms with Crippen molar-refractivity contribution in [1.82, 2.24) is 15.2 Å². The fraction of sp³-hybridized carbons (Fsp3) is 0.0909. The maximum absolute atomic E-state index is 13.0. The summed E-state index contributed by atoms with van der Waals surface area (Å²) in [7, 11) is 0. The lowest BCUT2D eigenvalue weighted by Gasteiger charge is -2.09. The van der Waals surface area contributed by atoms with Crippen LogP contribution in [0.5, 0.6) is 0 Å². The fourth-order valence-corrected chi connectivity index (χ4v) is 5.04. The molecule has 0 saturated carbocycles. The molecular formula is C33H23F3N6O. The number of azo groups is 1. The Balaban J connectivity index is 1.13. The number of nitrogens with one attached hydrogen (secondary N) is 1. The molecule has 6 aromatic rings. The second kappa shape index (κ2) is 10.7. The van der Waals surface area contributed by atoms with Crippen LogP contribution in [0.1, 0.15) is 29.3 Å². The first-order valence-corrected chi connectivity index (χ1v) is 13.6. The van der Waals surface area contributed by atoms with Crippen molar-refractivity contribution in [2.24, 2.45) is 15.3 Å². The Bertz CT molecular complexity index is 1980. The molecule has 1 N–H and O–H groups in total. The van der Waals surface area contributed by atoms with Crippen molar-refractivity contribution in [2.45, 2.75) is 18.6 Å². The molecule has 0 radical (unpaired) electrons. The van der Waals surface area contributed by atoms with Gasteiger partial charge in [0.2, 0.25) is 0 Å². The summed E-state index contributed by atoms with van der Waals surface area (Å²) in [6, 6.07) is 31.8. The second-order valence-corrected chi connectivity index (χ2v) is 10.1. The lowest BCUT2D eigenvalue weighted by atomic mass is 9.99. The highest BCUT2D eigenvalue weighted by molar-refractivity contribution is 6.02. The molecule has 1 aliphatic rings. The van der Waals surface area contributed by atoms with E-state index in [0.29, 0.717) is 23.5 Å². The first-order chi connectivity index (χ1) is 20.9. The molecule has 0 bridgehead atoms. The summed E-state index contributed by atoms with van der Waals surface area (Å²) < 4.78 is 47.1. The van der Waals surface area contributed by atoms with Crippen LogP contribution >= 0.6 is 0 Å². The molecule has 4 aromatic carbocycles. The molecular weight excluding hydrogens is 553 g/mol. The Morgan fingerprint density at radius 1 is 0.814 bits per heavy atom. The Morgan fingerprint density at radius 3 is 2.33 bits per heavy atom. The van der Waals surface area contributed by atoms with Crippen LogP contribution in [0.15, 0.2) is 135 Å². The van der Waals surface area contributed by atoms with Crippen molar-refractivity contribution in [1.29, 1.82) is 0 Å². The van der Waals surface area contributed by atoms with E-state index >= 15 is 0 Å². The minimum absolute atomic E-state index is 0.109. The predicted molar refractivity (Wildman–Crippen MR) is 158 cm³/mol. The van der Waals surface area contributed by atoms with Crippen LogP contribution in [0.4, 0.5) is 24.5 Å². The van der Waals surface area contributed by atoms with Crippen LogP contribution in [0.3, 0.4) is 0 Å². The average Bonchev–Trinajstić information content (AvgIpc) is 3.79. The number of benzene rings is 4. The summed E-state index contributed by atoms with van der Waals surface area (Å²) >= 11 is 0. The molecule has 43 heavy (non-hydrogen) atoms. The third-order valence-electron chi connectivity index (χ3n) is 7.18. The summed E-state index contributed by atoms with van der Waals surface area (Å²) in [5, 5.41) is 18.5. The lowest BCUT2D eigenvalue weighted by Crippen LogP contribution is -2.10. The number of halogens is 3. The van der Waals surface area contributed by atoms with E-state index < -0.39 is 11.7 Å². The Kier molecular flexibility index (Phi) is 6.58. The van der Waals surface area contributed by atoms with Gasteiger partial charge in [-0.25, -0.2) is 4.68 Å². The molecule has 3 heterocycles. The summed E-state index contributed by atoms with van der Waals surface area (Å²) in [6.07, 6.45) is -1.83. The molecule has 1 aliphatic heterocycles. The number of hydrazone groups is 1. The smallest absolute Gasteiger partial charge is 0.416 e. The minimum atomic E-state index is -4.45. The van der Waals surface area contributed by atoms with Gasteiger partial charge in [-0.05, 0) is 48.5 Å². The third-order valence-corrected chi connectivity index (χ3v) is 7.18. The van der Waals surface area contributed by atoms with Crippen molar-refractivity contribution < 1.29 is 17.6 Å². The van der Waals surface area contributed by atoms with E-state index in [0.717, 1.165) is 45.7 Å². The van der Waals surface area contributed by atoms with Crippen LogP contribution in [0, 0.1) is 0 Å². The van der Waals surface area contributed by atoms with Crippen molar-refractivity contribution in [3.63, 3.8) is 0 Å². The van der Waals surface area contributed by atoms with Crippen molar-refractivity contribution in [2.75, 3.05) is 0 Å². The van der Waals surface area contributed by atoms with E-state index in [2.05, 4.69) is 20.8 Å². The van der Waals surface area contributed by atoms with Gasteiger partial charge in [-0.1, -0.05) is 54.6 Å². The zero-order chi connectivity index (χ0) is 29.4. The van der Waals surface area contributed by atoms with Crippen LogP contribution < -0.4 is 5.43 Å². The fourth-order valence-electron chi connectivity index (χ4n) is 5.04. The van der Waals surface area contributed by atoms with Crippen LogP contribution in [0.25, 0.3) is 27.9 Å². The Labute approximate surface area is 244 Å². The first-order valence-electron chi connectivity index (χ1n) is 13.6. The van der Waals surface area contributed by atoms with E-state index in [4.69, 9.17) is 9.52 Å². The average molecular weight is 577 g/mol. The SMILES string of the molecule is FC(F)(F)c1cccc(N=Nc2ccc3cc(C4=NNC(c5cn(-c6ccccc6)nc5-c5ccccc5)C4)oc3c2)c1. The standard InChI is InChI=1S/C33H23F3N6O/c34-33(35,36)23-10-7-11-24(17-23)37-38-25-15-14-22-16-31(43-30(22)18-25)29-19-28(39-40-29)27-20-42(26-12-5-2-6-13-26)41-32(27)21-8-3-1-4-9-21/h1-18,20,28,39H,19H2. The molecule has 1 atom stereocenters. The van der Waals surface area contributed by atoms with Gasteiger partial charge in [0.1, 0.15) is 11.3 Å². The summed E-state index contributed by atoms with van der Waals surface area (Å²) in [4.78, 5) is 0. The van der Waals surface area contributed by atoms with E-state index in [1.54, 1.807) is 12.1 Å². The zero-order valence-electron chi connectivity index (χ0n) is 22.5. The maximum Gasteiger partial charge on any atom is 0.416 e. The number of furan rings is 1. The van der Waals surface area contributed by atoms with Gasteiger partial charge in [-0.2, -0.15) is 33.6 Å². The normalized spacial score (nSPS) is 15.2. The van der Waals surface area contributed by atoms with Crippen LogP contribution in [0.2, 0.25) is 0 Å². The van der Waals surface area contributed by atoms with E-state index in [9.17, 15) is 13.2 Å². The monoisotopic (exact) mass is 576 g/mol. The number of para-hydroxylation sites is 1. The number of fused-ring (bicyclic) bond motifs is 1. The number of hydrogen-bond acceptors (Lipinski definition) is 6. The van der Waals surface area contributed by atoms with E-state index in [1.165, 1.54) is 12.1 Å². The highest BCUT2D eigenvalue weighted by Gasteiger charge is 2.30. The van der Waals surface area contributed by atoms with Crippen molar-refractivity contribution in [3.05, 3.63) is 132 Å². The number of rotatable bonds is 6. The Hall–Kier alpha value is -5.51. The molecule has 0 spiro atoms. The van der Waals surface area contributed by atoms with Gasteiger partial charge in [0.05, 0.1) is 34.4 Å². The quantitative estimate of drug-likeness (QED) is 0.201. The van der Waals surface area contributed by atoms with Gasteiger partial charge in [0.25, 0.3) is 0 Å². The molecule has 1 unspecified atom stereocenters. The van der Waals surface area contributed by atoms with E-state index in [-0.39, 0.29) is 11.7 Å². The summed E-state index contributed by atoms with van der Waals surface area (Å²) in [5.41, 5.74) is 8.25. The number of hydrogen-bond donors (Lipinski definition) is 1. The Morgan fingerprint density at radius 2 is 1.56 bits per heavy atom. The largest absolute Gasteiger partial charge is 0.455 e. The molecule has 2 aromatic heterocycles. The first kappa shape index (κ1) is 26.4. The number of alkyl halides is 3.